The van der Waals surface area contributed by atoms with Crippen LogP contribution in [-0.2, 0) is 7.05 Å². The first-order chi connectivity index (χ1) is 8.26. The molecule has 0 bridgehead atoms. The third kappa shape index (κ3) is 1.97. The van der Waals surface area contributed by atoms with Gasteiger partial charge in [0.15, 0.2) is 11.6 Å². The number of nitrogens with zero attached hydrogens (tertiary/aromatic N) is 3. The lowest BCUT2D eigenvalue weighted by atomic mass is 10.1. The summed E-state index contributed by atoms with van der Waals surface area (Å²) >= 11 is 0. The van der Waals surface area contributed by atoms with Gasteiger partial charge >= 0.3 is 0 Å². The molecule has 0 aliphatic rings. The van der Waals surface area contributed by atoms with Crippen molar-refractivity contribution >= 4 is 0 Å². The van der Waals surface area contributed by atoms with Crippen LogP contribution in [0.2, 0.25) is 0 Å². The van der Waals surface area contributed by atoms with E-state index < -0.39 is 0 Å². The summed E-state index contributed by atoms with van der Waals surface area (Å²) in [6.07, 6.45) is 2.89. The highest BCUT2D eigenvalue weighted by molar-refractivity contribution is 5.54. The Morgan fingerprint density at radius 3 is 2.29 bits per heavy atom. The molecule has 0 atom stereocenters. The highest BCUT2D eigenvalue weighted by Crippen LogP contribution is 2.28. The van der Waals surface area contributed by atoms with Gasteiger partial charge in [0, 0.05) is 13.1 Å². The second-order valence-electron chi connectivity index (χ2n) is 3.37. The fraction of sp³-hybridized carbons (Fsp3) is 0.0769. The van der Waals surface area contributed by atoms with E-state index in [1.165, 1.54) is 0 Å². The van der Waals surface area contributed by atoms with Gasteiger partial charge in [0.1, 0.15) is 12.1 Å². The molecule has 1 radical (unpaired) electrons. The van der Waals surface area contributed by atoms with Crippen LogP contribution >= 0.6 is 0 Å². The summed E-state index contributed by atoms with van der Waals surface area (Å²) in [4.78, 5) is 0. The zero-order valence-corrected chi connectivity index (χ0v) is 9.14. The molecule has 1 heterocycles. The molecule has 0 spiro atoms. The molecule has 2 rings (SSSR count). The maximum atomic E-state index is 8.98. The minimum absolute atomic E-state index is 0.285. The van der Waals surface area contributed by atoms with Crippen LogP contribution in [0.25, 0.3) is 0 Å². The van der Waals surface area contributed by atoms with Crippen LogP contribution in [0.15, 0.2) is 30.3 Å². The van der Waals surface area contributed by atoms with E-state index in [4.69, 9.17) is 15.3 Å². The number of hydrogen-bond donors (Lipinski definition) is 0. The molecule has 1 aromatic carbocycles. The van der Waals surface area contributed by atoms with Crippen molar-refractivity contribution in [3.8, 4) is 23.8 Å². The molecule has 0 unspecified atom stereocenters. The quantitative estimate of drug-likeness (QED) is 0.783. The molecule has 4 nitrogen and oxygen atoms in total. The zero-order chi connectivity index (χ0) is 12.3. The molecule has 0 aliphatic heterocycles. The minimum atomic E-state index is 0.285. The van der Waals surface area contributed by atoms with E-state index in [0.717, 1.165) is 0 Å². The van der Waals surface area contributed by atoms with Gasteiger partial charge in [-0.2, -0.15) is 10.5 Å². The average Bonchev–Trinajstić information content (AvgIpc) is 2.75. The molecule has 0 fully saturated rings. The van der Waals surface area contributed by atoms with E-state index in [2.05, 4.69) is 6.20 Å². The zero-order valence-electron chi connectivity index (χ0n) is 9.14. The molecular formula is C13H8N3O. The van der Waals surface area contributed by atoms with E-state index in [0.29, 0.717) is 17.0 Å². The normalized spacial score (nSPS) is 9.35. The van der Waals surface area contributed by atoms with Gasteiger partial charge in [-0.25, -0.2) is 0 Å². The van der Waals surface area contributed by atoms with Gasteiger partial charge in [-0.3, -0.25) is 0 Å². The molecular weight excluding hydrogens is 214 g/mol. The predicted molar refractivity (Wildman–Crippen MR) is 60.2 cm³/mol. The van der Waals surface area contributed by atoms with Gasteiger partial charge in [0.2, 0.25) is 0 Å². The second kappa shape index (κ2) is 4.42. The van der Waals surface area contributed by atoms with Crippen molar-refractivity contribution in [2.24, 2.45) is 7.05 Å². The van der Waals surface area contributed by atoms with E-state index in [1.54, 1.807) is 41.9 Å². The maximum absolute atomic E-state index is 8.98. The van der Waals surface area contributed by atoms with Crippen LogP contribution in [0.3, 0.4) is 0 Å². The van der Waals surface area contributed by atoms with Gasteiger partial charge in [-0.05, 0) is 18.2 Å². The second-order valence-corrected chi connectivity index (χ2v) is 3.37. The Hall–Kier alpha value is -2.72. The van der Waals surface area contributed by atoms with Gasteiger partial charge < -0.3 is 9.30 Å². The number of benzene rings is 1. The molecule has 17 heavy (non-hydrogen) atoms. The highest BCUT2D eigenvalue weighted by Gasteiger charge is 2.11. The Morgan fingerprint density at radius 2 is 1.82 bits per heavy atom. The molecule has 2 aromatic rings. The Morgan fingerprint density at radius 1 is 1.18 bits per heavy atom. The summed E-state index contributed by atoms with van der Waals surface area (Å²) < 4.78 is 7.23. The Bertz CT molecular complexity index is 597. The highest BCUT2D eigenvalue weighted by atomic mass is 16.5. The molecule has 0 N–H and O–H groups in total. The fourth-order valence-electron chi connectivity index (χ4n) is 1.43. The van der Waals surface area contributed by atoms with Crippen LogP contribution in [-0.4, -0.2) is 4.57 Å². The first-order valence-electron chi connectivity index (χ1n) is 4.90. The summed E-state index contributed by atoms with van der Waals surface area (Å²) in [7, 11) is 1.77. The van der Waals surface area contributed by atoms with Crippen molar-refractivity contribution < 1.29 is 4.74 Å². The number of hydrogen-bond acceptors (Lipinski definition) is 3. The van der Waals surface area contributed by atoms with Crippen molar-refractivity contribution in [1.82, 2.24) is 4.57 Å². The van der Waals surface area contributed by atoms with E-state index in [9.17, 15) is 0 Å². The molecule has 81 valence electrons. The van der Waals surface area contributed by atoms with E-state index in [-0.39, 0.29) is 5.75 Å². The van der Waals surface area contributed by atoms with Crippen molar-refractivity contribution in [2.45, 2.75) is 0 Å². The van der Waals surface area contributed by atoms with Gasteiger partial charge in [-0.15, -0.1) is 0 Å². The van der Waals surface area contributed by atoms with Crippen molar-refractivity contribution in [3.63, 3.8) is 0 Å². The maximum Gasteiger partial charge on any atom is 0.200 e. The summed E-state index contributed by atoms with van der Waals surface area (Å²) in [5.74, 6) is 0.817. The van der Waals surface area contributed by atoms with Gasteiger partial charge in [0.05, 0.1) is 17.3 Å². The van der Waals surface area contributed by atoms with E-state index >= 15 is 0 Å². The third-order valence-corrected chi connectivity index (χ3v) is 2.29. The molecule has 0 saturated carbocycles. The summed E-state index contributed by atoms with van der Waals surface area (Å²) in [5, 5.41) is 18.0. The number of rotatable bonds is 2. The number of para-hydroxylation sites is 1. The van der Waals surface area contributed by atoms with Gasteiger partial charge in [-0.1, -0.05) is 6.07 Å². The molecule has 1 aromatic heterocycles. The van der Waals surface area contributed by atoms with Crippen molar-refractivity contribution in [3.05, 3.63) is 47.7 Å². The van der Waals surface area contributed by atoms with E-state index in [1.807, 2.05) is 12.1 Å². The summed E-state index contributed by atoms with van der Waals surface area (Å²) in [5.41, 5.74) is 0.676. The predicted octanol–water partition coefficient (Wildman–Crippen LogP) is 2.36. The molecule has 0 aliphatic carbocycles. The molecule has 0 amide bonds. The fourth-order valence-corrected chi connectivity index (χ4v) is 1.43. The monoisotopic (exact) mass is 222 g/mol. The number of nitriles is 2. The smallest absolute Gasteiger partial charge is 0.200 e. The topological polar surface area (TPSA) is 61.7 Å². The number of aromatic nitrogens is 1. The third-order valence-electron chi connectivity index (χ3n) is 2.29. The van der Waals surface area contributed by atoms with Crippen LogP contribution in [0.1, 0.15) is 11.1 Å². The van der Waals surface area contributed by atoms with Crippen LogP contribution in [0, 0.1) is 28.9 Å². The lowest BCUT2D eigenvalue weighted by molar-refractivity contribution is 0.440. The number of ether oxygens (including phenoxy) is 1. The lowest BCUT2D eigenvalue weighted by Gasteiger charge is -2.09. The minimum Gasteiger partial charge on any atom is -0.438 e. The van der Waals surface area contributed by atoms with Gasteiger partial charge in [0.25, 0.3) is 0 Å². The van der Waals surface area contributed by atoms with Crippen molar-refractivity contribution in [1.29, 1.82) is 10.5 Å². The first-order valence-corrected chi connectivity index (χ1v) is 4.90. The summed E-state index contributed by atoms with van der Waals surface area (Å²) in [6.45, 7) is 0. The summed E-state index contributed by atoms with van der Waals surface area (Å²) in [6, 6.07) is 12.3. The molecule has 4 heteroatoms. The Labute approximate surface area is 98.9 Å². The van der Waals surface area contributed by atoms with Crippen molar-refractivity contribution in [2.75, 3.05) is 0 Å². The SMILES string of the molecule is Cn1[c]ccc1Oc1c(C#N)cccc1C#N. The van der Waals surface area contributed by atoms with Crippen LogP contribution in [0.4, 0.5) is 0 Å². The molecule has 0 saturated heterocycles. The average molecular weight is 222 g/mol. The van der Waals surface area contributed by atoms with Crippen LogP contribution in [0.5, 0.6) is 11.6 Å². The Kier molecular flexibility index (Phi) is 2.81. The largest absolute Gasteiger partial charge is 0.438 e. The number of aryl methyl sites for hydroxylation is 1. The van der Waals surface area contributed by atoms with Crippen LogP contribution < -0.4 is 4.74 Å². The lowest BCUT2D eigenvalue weighted by Crippen LogP contribution is -1.96. The standard InChI is InChI=1S/C13H8N3O/c1-16-7-3-6-12(16)17-13-10(8-14)4-2-5-11(13)9-15/h2-6H,1H3. The first kappa shape index (κ1) is 10.8. The Balaban J connectivity index is 2.49.